The summed E-state index contributed by atoms with van der Waals surface area (Å²) in [5, 5.41) is 2.90. The Hall–Kier alpha value is -1.64. The summed E-state index contributed by atoms with van der Waals surface area (Å²) in [6.07, 6.45) is 7.23. The molecule has 1 aromatic carbocycles. The smallest absolute Gasteiger partial charge is 0.220 e. The van der Waals surface area contributed by atoms with Gasteiger partial charge in [0.25, 0.3) is 0 Å². The van der Waals surface area contributed by atoms with Crippen LogP contribution >= 0.6 is 0 Å². The number of hydrogen-bond donors (Lipinski definition) is 1. The molecular weight excluding hydrogens is 238 g/mol. The SMILES string of the molecule is CCCCCCCC(=O)NCc1ccc(C=O)cc1. The second kappa shape index (κ2) is 9.31. The van der Waals surface area contributed by atoms with E-state index in [2.05, 4.69) is 12.2 Å². The molecule has 0 aliphatic heterocycles. The van der Waals surface area contributed by atoms with Gasteiger partial charge in [0.05, 0.1) is 0 Å². The summed E-state index contributed by atoms with van der Waals surface area (Å²) in [6, 6.07) is 7.26. The van der Waals surface area contributed by atoms with E-state index in [1.165, 1.54) is 19.3 Å². The number of hydrogen-bond acceptors (Lipinski definition) is 2. The standard InChI is InChI=1S/C16H23NO2/c1-2-3-4-5-6-7-16(19)17-12-14-8-10-15(13-18)11-9-14/h8-11,13H,2-7,12H2,1H3,(H,17,19). The molecule has 1 aromatic rings. The molecule has 1 N–H and O–H groups in total. The van der Waals surface area contributed by atoms with Gasteiger partial charge in [-0.3, -0.25) is 9.59 Å². The van der Waals surface area contributed by atoms with Gasteiger partial charge in [0.2, 0.25) is 5.91 Å². The maximum absolute atomic E-state index is 11.6. The van der Waals surface area contributed by atoms with Crippen molar-refractivity contribution in [3.63, 3.8) is 0 Å². The Balaban J connectivity index is 2.16. The van der Waals surface area contributed by atoms with Crippen LogP contribution < -0.4 is 5.32 Å². The molecule has 0 radical (unpaired) electrons. The molecule has 3 nitrogen and oxygen atoms in total. The predicted octanol–water partition coefficient (Wildman–Crippen LogP) is 3.48. The Morgan fingerprint density at radius 3 is 2.42 bits per heavy atom. The van der Waals surface area contributed by atoms with Crippen molar-refractivity contribution < 1.29 is 9.59 Å². The largest absolute Gasteiger partial charge is 0.352 e. The summed E-state index contributed by atoms with van der Waals surface area (Å²) in [7, 11) is 0. The number of carbonyl (C=O) groups excluding carboxylic acids is 2. The molecule has 104 valence electrons. The number of amides is 1. The fraction of sp³-hybridized carbons (Fsp3) is 0.500. The van der Waals surface area contributed by atoms with Crippen molar-refractivity contribution in [2.75, 3.05) is 0 Å². The van der Waals surface area contributed by atoms with Crippen molar-refractivity contribution in [1.29, 1.82) is 0 Å². The van der Waals surface area contributed by atoms with Crippen molar-refractivity contribution in [3.05, 3.63) is 35.4 Å². The van der Waals surface area contributed by atoms with E-state index in [1.54, 1.807) is 12.1 Å². The molecule has 0 unspecified atom stereocenters. The average Bonchev–Trinajstić information content (AvgIpc) is 2.45. The molecule has 0 saturated heterocycles. The number of benzene rings is 1. The van der Waals surface area contributed by atoms with Crippen molar-refractivity contribution in [1.82, 2.24) is 5.32 Å². The summed E-state index contributed by atoms with van der Waals surface area (Å²) in [5.41, 5.74) is 1.68. The first-order valence-electron chi connectivity index (χ1n) is 7.07. The fourth-order valence-corrected chi connectivity index (χ4v) is 1.89. The zero-order chi connectivity index (χ0) is 13.9. The van der Waals surface area contributed by atoms with Crippen LogP contribution in [0, 0.1) is 0 Å². The lowest BCUT2D eigenvalue weighted by Gasteiger charge is -2.05. The van der Waals surface area contributed by atoms with Gasteiger partial charge in [-0.25, -0.2) is 0 Å². The molecule has 0 saturated carbocycles. The van der Waals surface area contributed by atoms with Crippen molar-refractivity contribution in [2.24, 2.45) is 0 Å². The minimum atomic E-state index is 0.107. The molecule has 0 heterocycles. The van der Waals surface area contributed by atoms with Gasteiger partial charge in [0.1, 0.15) is 6.29 Å². The monoisotopic (exact) mass is 261 g/mol. The number of unbranched alkanes of at least 4 members (excludes halogenated alkanes) is 4. The number of nitrogens with one attached hydrogen (secondary N) is 1. The highest BCUT2D eigenvalue weighted by Crippen LogP contribution is 2.05. The van der Waals surface area contributed by atoms with Gasteiger partial charge in [-0.05, 0) is 12.0 Å². The third kappa shape index (κ3) is 6.75. The van der Waals surface area contributed by atoms with Gasteiger partial charge in [-0.2, -0.15) is 0 Å². The van der Waals surface area contributed by atoms with Crippen LogP contribution in [-0.4, -0.2) is 12.2 Å². The summed E-state index contributed by atoms with van der Waals surface area (Å²) in [5.74, 6) is 0.107. The highest BCUT2D eigenvalue weighted by atomic mass is 16.1. The van der Waals surface area contributed by atoms with Crippen LogP contribution in [-0.2, 0) is 11.3 Å². The summed E-state index contributed by atoms with van der Waals surface area (Å²) >= 11 is 0. The maximum Gasteiger partial charge on any atom is 0.220 e. The van der Waals surface area contributed by atoms with E-state index >= 15 is 0 Å². The van der Waals surface area contributed by atoms with Gasteiger partial charge < -0.3 is 5.32 Å². The molecule has 1 amide bonds. The van der Waals surface area contributed by atoms with Crippen LogP contribution in [0.15, 0.2) is 24.3 Å². The van der Waals surface area contributed by atoms with E-state index < -0.39 is 0 Å². The first-order chi connectivity index (χ1) is 9.26. The minimum absolute atomic E-state index is 0.107. The maximum atomic E-state index is 11.6. The van der Waals surface area contributed by atoms with Gasteiger partial charge in [-0.15, -0.1) is 0 Å². The third-order valence-electron chi connectivity index (χ3n) is 3.11. The fourth-order valence-electron chi connectivity index (χ4n) is 1.89. The second-order valence-electron chi connectivity index (χ2n) is 4.80. The highest BCUT2D eigenvalue weighted by Gasteiger charge is 2.01. The van der Waals surface area contributed by atoms with E-state index in [0.717, 1.165) is 24.7 Å². The van der Waals surface area contributed by atoms with Gasteiger partial charge in [-0.1, -0.05) is 56.9 Å². The Morgan fingerprint density at radius 1 is 1.11 bits per heavy atom. The number of carbonyl (C=O) groups is 2. The van der Waals surface area contributed by atoms with Crippen LogP contribution in [0.1, 0.15) is 61.4 Å². The normalized spacial score (nSPS) is 10.2. The minimum Gasteiger partial charge on any atom is -0.352 e. The van der Waals surface area contributed by atoms with E-state index in [-0.39, 0.29) is 5.91 Å². The highest BCUT2D eigenvalue weighted by molar-refractivity contribution is 5.76. The van der Waals surface area contributed by atoms with Gasteiger partial charge in [0, 0.05) is 18.5 Å². The predicted molar refractivity (Wildman–Crippen MR) is 77.1 cm³/mol. The van der Waals surface area contributed by atoms with Crippen LogP contribution in [0.3, 0.4) is 0 Å². The molecular formula is C16H23NO2. The zero-order valence-electron chi connectivity index (χ0n) is 11.7. The Morgan fingerprint density at radius 2 is 1.79 bits per heavy atom. The molecule has 0 atom stereocenters. The summed E-state index contributed by atoms with van der Waals surface area (Å²) < 4.78 is 0. The molecule has 0 aliphatic rings. The topological polar surface area (TPSA) is 46.2 Å². The van der Waals surface area contributed by atoms with E-state index in [4.69, 9.17) is 0 Å². The van der Waals surface area contributed by atoms with Crippen LogP contribution in [0.2, 0.25) is 0 Å². The number of rotatable bonds is 9. The molecule has 0 spiro atoms. The summed E-state index contributed by atoms with van der Waals surface area (Å²) in [4.78, 5) is 22.1. The zero-order valence-corrected chi connectivity index (χ0v) is 11.7. The van der Waals surface area contributed by atoms with Crippen molar-refractivity contribution in [2.45, 2.75) is 52.0 Å². The quantitative estimate of drug-likeness (QED) is 0.546. The average molecular weight is 261 g/mol. The van der Waals surface area contributed by atoms with Crippen molar-refractivity contribution in [3.8, 4) is 0 Å². The Labute approximate surface area is 115 Å². The van der Waals surface area contributed by atoms with E-state index in [9.17, 15) is 9.59 Å². The van der Waals surface area contributed by atoms with E-state index in [1.807, 2.05) is 12.1 Å². The molecule has 0 bridgehead atoms. The second-order valence-corrected chi connectivity index (χ2v) is 4.80. The van der Waals surface area contributed by atoms with Gasteiger partial charge in [0.15, 0.2) is 0 Å². The molecule has 0 aliphatic carbocycles. The summed E-state index contributed by atoms with van der Waals surface area (Å²) in [6.45, 7) is 2.72. The van der Waals surface area contributed by atoms with Crippen LogP contribution in [0.5, 0.6) is 0 Å². The first kappa shape index (κ1) is 15.4. The van der Waals surface area contributed by atoms with Crippen molar-refractivity contribution >= 4 is 12.2 Å². The molecule has 0 aromatic heterocycles. The lowest BCUT2D eigenvalue weighted by atomic mass is 10.1. The Bertz CT molecular complexity index is 384. The van der Waals surface area contributed by atoms with Gasteiger partial charge >= 0.3 is 0 Å². The third-order valence-corrected chi connectivity index (χ3v) is 3.11. The Kier molecular flexibility index (Phi) is 7.56. The molecule has 3 heteroatoms. The number of aldehydes is 1. The first-order valence-corrected chi connectivity index (χ1v) is 7.07. The van der Waals surface area contributed by atoms with Crippen LogP contribution in [0.4, 0.5) is 0 Å². The van der Waals surface area contributed by atoms with Crippen LogP contribution in [0.25, 0.3) is 0 Å². The lowest BCUT2D eigenvalue weighted by Crippen LogP contribution is -2.22. The van der Waals surface area contributed by atoms with E-state index in [0.29, 0.717) is 18.5 Å². The molecule has 19 heavy (non-hydrogen) atoms. The molecule has 0 fully saturated rings. The lowest BCUT2D eigenvalue weighted by molar-refractivity contribution is -0.121. The molecule has 1 rings (SSSR count).